The molecule has 2 heterocycles. The first-order valence-corrected chi connectivity index (χ1v) is 11.5. The molecule has 1 aromatic heterocycles. The molecule has 2 N–H and O–H groups in total. The molecule has 1 aliphatic carbocycles. The summed E-state index contributed by atoms with van der Waals surface area (Å²) in [5.74, 6) is 0.611. The molecule has 178 valence electrons. The van der Waals surface area contributed by atoms with Crippen LogP contribution in [-0.2, 0) is 9.53 Å². The molecule has 0 bridgehead atoms. The van der Waals surface area contributed by atoms with Crippen molar-refractivity contribution in [1.82, 2.24) is 9.88 Å². The van der Waals surface area contributed by atoms with E-state index in [0.717, 1.165) is 12.8 Å². The standard InChI is InChI=1S/C25H29N5O4/c1-16-15-29(9-10-30(16)22(31)8-11-33-2)24-19(14-26)13-21(23(28-24)17-6-7-17)34-25(32)18-4-3-5-20(27)12-18/h3-5,12-13,16-17H,6-11,15,27H2,1-2H3/t16-/m1/s1. The van der Waals surface area contributed by atoms with Crippen molar-refractivity contribution in [1.29, 1.82) is 5.26 Å². The summed E-state index contributed by atoms with van der Waals surface area (Å²) >= 11 is 0. The predicted molar refractivity (Wildman–Crippen MR) is 127 cm³/mol. The Kier molecular flexibility index (Phi) is 6.98. The van der Waals surface area contributed by atoms with E-state index in [1.165, 1.54) is 0 Å². The molecule has 1 atom stereocenters. The molecule has 0 radical (unpaired) electrons. The van der Waals surface area contributed by atoms with Crippen LogP contribution in [0, 0.1) is 11.3 Å². The Morgan fingerprint density at radius 1 is 1.26 bits per heavy atom. The lowest BCUT2D eigenvalue weighted by atomic mass is 10.1. The third-order valence-corrected chi connectivity index (χ3v) is 6.17. The van der Waals surface area contributed by atoms with E-state index in [0.29, 0.717) is 66.7 Å². The zero-order valence-corrected chi connectivity index (χ0v) is 19.5. The number of esters is 1. The van der Waals surface area contributed by atoms with Gasteiger partial charge in [0.1, 0.15) is 11.9 Å². The van der Waals surface area contributed by atoms with Crippen LogP contribution in [0.4, 0.5) is 11.5 Å². The largest absolute Gasteiger partial charge is 0.421 e. The van der Waals surface area contributed by atoms with Gasteiger partial charge in [0.2, 0.25) is 5.91 Å². The number of methoxy groups -OCH3 is 1. The van der Waals surface area contributed by atoms with E-state index in [-0.39, 0.29) is 17.9 Å². The molecule has 2 fully saturated rings. The summed E-state index contributed by atoms with van der Waals surface area (Å²) in [7, 11) is 1.58. The van der Waals surface area contributed by atoms with Crippen LogP contribution in [0.15, 0.2) is 30.3 Å². The molecule has 2 aromatic rings. The molecule has 4 rings (SSSR count). The van der Waals surface area contributed by atoms with Crippen LogP contribution in [0.2, 0.25) is 0 Å². The molecular weight excluding hydrogens is 434 g/mol. The van der Waals surface area contributed by atoms with E-state index in [1.54, 1.807) is 37.4 Å². The Hall–Kier alpha value is -3.64. The topological polar surface area (TPSA) is 122 Å². The zero-order chi connectivity index (χ0) is 24.2. The van der Waals surface area contributed by atoms with Gasteiger partial charge < -0.3 is 25.0 Å². The normalized spacial score (nSPS) is 17.9. The van der Waals surface area contributed by atoms with Crippen molar-refractivity contribution >= 4 is 23.4 Å². The summed E-state index contributed by atoms with van der Waals surface area (Å²) in [6.45, 7) is 4.06. The Morgan fingerprint density at radius 3 is 2.71 bits per heavy atom. The monoisotopic (exact) mass is 463 g/mol. The lowest BCUT2D eigenvalue weighted by Gasteiger charge is -2.40. The van der Waals surface area contributed by atoms with Crippen LogP contribution in [-0.4, -0.2) is 61.2 Å². The minimum atomic E-state index is -0.538. The number of piperazine rings is 1. The molecule has 1 amide bonds. The highest BCUT2D eigenvalue weighted by Crippen LogP contribution is 2.45. The second kappa shape index (κ2) is 10.1. The van der Waals surface area contributed by atoms with Gasteiger partial charge in [-0.1, -0.05) is 6.07 Å². The Labute approximate surface area is 199 Å². The van der Waals surface area contributed by atoms with Gasteiger partial charge in [-0.2, -0.15) is 5.26 Å². The van der Waals surface area contributed by atoms with Crippen LogP contribution < -0.4 is 15.4 Å². The third kappa shape index (κ3) is 5.13. The van der Waals surface area contributed by atoms with E-state index < -0.39 is 5.97 Å². The SMILES string of the molecule is COCCC(=O)N1CCN(c2nc(C3CC3)c(OC(=O)c3cccc(N)c3)cc2C#N)C[C@H]1C. The second-order valence-corrected chi connectivity index (χ2v) is 8.77. The summed E-state index contributed by atoms with van der Waals surface area (Å²) in [5.41, 5.74) is 7.63. The highest BCUT2D eigenvalue weighted by Gasteiger charge is 2.34. The van der Waals surface area contributed by atoms with E-state index in [2.05, 4.69) is 6.07 Å². The van der Waals surface area contributed by atoms with Crippen LogP contribution in [0.5, 0.6) is 5.75 Å². The summed E-state index contributed by atoms with van der Waals surface area (Å²) in [6, 6.07) is 10.4. The molecule has 9 heteroatoms. The minimum Gasteiger partial charge on any atom is -0.421 e. The first kappa shape index (κ1) is 23.5. The van der Waals surface area contributed by atoms with Crippen LogP contribution in [0.25, 0.3) is 0 Å². The quantitative estimate of drug-likeness (QED) is 0.491. The third-order valence-electron chi connectivity index (χ3n) is 6.17. The Bertz CT molecular complexity index is 1120. The maximum Gasteiger partial charge on any atom is 0.343 e. The Balaban J connectivity index is 1.57. The number of amides is 1. The fraction of sp³-hybridized carbons (Fsp3) is 0.440. The molecule has 34 heavy (non-hydrogen) atoms. The van der Waals surface area contributed by atoms with E-state index in [1.807, 2.05) is 16.7 Å². The number of rotatable bonds is 7. The number of nitrogens with zero attached hydrogens (tertiary/aromatic N) is 4. The molecule has 0 spiro atoms. The van der Waals surface area contributed by atoms with Crippen molar-refractivity contribution in [3.63, 3.8) is 0 Å². The Morgan fingerprint density at radius 2 is 2.06 bits per heavy atom. The van der Waals surface area contributed by atoms with Gasteiger partial charge in [0, 0.05) is 50.5 Å². The summed E-state index contributed by atoms with van der Waals surface area (Å²) in [5, 5.41) is 9.86. The number of carbonyl (C=O) groups excluding carboxylic acids is 2. The van der Waals surface area contributed by atoms with E-state index >= 15 is 0 Å². The predicted octanol–water partition coefficient (Wildman–Crippen LogP) is 2.71. The zero-order valence-electron chi connectivity index (χ0n) is 19.5. The highest BCUT2D eigenvalue weighted by molar-refractivity contribution is 5.92. The first-order valence-electron chi connectivity index (χ1n) is 11.5. The van der Waals surface area contributed by atoms with Gasteiger partial charge in [-0.15, -0.1) is 0 Å². The van der Waals surface area contributed by atoms with Gasteiger partial charge in [-0.05, 0) is 38.0 Å². The molecule has 1 aliphatic heterocycles. The fourth-order valence-corrected chi connectivity index (χ4v) is 4.23. The van der Waals surface area contributed by atoms with Crippen molar-refractivity contribution in [2.45, 2.75) is 38.1 Å². The minimum absolute atomic E-state index is 0.0307. The van der Waals surface area contributed by atoms with Crippen molar-refractivity contribution < 1.29 is 19.1 Å². The maximum absolute atomic E-state index is 12.7. The molecule has 1 saturated heterocycles. The fourth-order valence-electron chi connectivity index (χ4n) is 4.23. The number of nitriles is 1. The summed E-state index contributed by atoms with van der Waals surface area (Å²) in [4.78, 5) is 33.9. The summed E-state index contributed by atoms with van der Waals surface area (Å²) < 4.78 is 10.7. The average Bonchev–Trinajstić information content (AvgIpc) is 3.67. The number of aromatic nitrogens is 1. The molecule has 9 nitrogen and oxygen atoms in total. The highest BCUT2D eigenvalue weighted by atomic mass is 16.5. The van der Waals surface area contributed by atoms with E-state index in [4.69, 9.17) is 20.2 Å². The molecule has 2 aliphatic rings. The second-order valence-electron chi connectivity index (χ2n) is 8.77. The van der Waals surface area contributed by atoms with Crippen LogP contribution >= 0.6 is 0 Å². The molecule has 0 unspecified atom stereocenters. The van der Waals surface area contributed by atoms with Crippen molar-refractivity contribution in [2.24, 2.45) is 0 Å². The number of nitrogens with two attached hydrogens (primary N) is 1. The number of hydrogen-bond acceptors (Lipinski definition) is 8. The van der Waals surface area contributed by atoms with Gasteiger partial charge in [-0.25, -0.2) is 9.78 Å². The van der Waals surface area contributed by atoms with Gasteiger partial charge in [-0.3, -0.25) is 4.79 Å². The van der Waals surface area contributed by atoms with E-state index in [9.17, 15) is 14.9 Å². The molecule has 1 aromatic carbocycles. The summed E-state index contributed by atoms with van der Waals surface area (Å²) in [6.07, 6.45) is 2.26. The van der Waals surface area contributed by atoms with Gasteiger partial charge >= 0.3 is 5.97 Å². The number of pyridine rings is 1. The van der Waals surface area contributed by atoms with Crippen LogP contribution in [0.1, 0.15) is 53.7 Å². The van der Waals surface area contributed by atoms with Crippen LogP contribution in [0.3, 0.4) is 0 Å². The maximum atomic E-state index is 12.7. The number of anilines is 2. The lowest BCUT2D eigenvalue weighted by Crippen LogP contribution is -2.54. The van der Waals surface area contributed by atoms with Gasteiger partial charge in [0.25, 0.3) is 0 Å². The lowest BCUT2D eigenvalue weighted by molar-refractivity contribution is -0.134. The number of benzene rings is 1. The first-order chi connectivity index (χ1) is 16.4. The number of hydrogen-bond donors (Lipinski definition) is 1. The number of nitrogen functional groups attached to an aromatic ring is 1. The molecule has 1 saturated carbocycles. The number of ether oxygens (including phenoxy) is 2. The van der Waals surface area contributed by atoms with Crippen molar-refractivity contribution in [2.75, 3.05) is 44.0 Å². The van der Waals surface area contributed by atoms with Crippen molar-refractivity contribution in [3.05, 3.63) is 47.2 Å². The van der Waals surface area contributed by atoms with Crippen molar-refractivity contribution in [3.8, 4) is 11.8 Å². The smallest absolute Gasteiger partial charge is 0.343 e. The van der Waals surface area contributed by atoms with Gasteiger partial charge in [0.15, 0.2) is 5.75 Å². The molecular formula is C25H29N5O4. The van der Waals surface area contributed by atoms with Gasteiger partial charge in [0.05, 0.1) is 29.8 Å². The number of carbonyl (C=O) groups is 2. The average molecular weight is 464 g/mol.